The van der Waals surface area contributed by atoms with Crippen LogP contribution in [-0.2, 0) is 10.8 Å². The zero-order chi connectivity index (χ0) is 20.2. The monoisotopic (exact) mass is 421 g/mol. The molecule has 2 aromatic rings. The highest BCUT2D eigenvalue weighted by atomic mass is 32.2. The van der Waals surface area contributed by atoms with Crippen molar-refractivity contribution in [3.05, 3.63) is 6.33 Å². The topological polar surface area (TPSA) is 128 Å². The van der Waals surface area contributed by atoms with Crippen LogP contribution < -0.4 is 15.1 Å². The van der Waals surface area contributed by atoms with Gasteiger partial charge in [-0.1, -0.05) is 0 Å². The molecule has 11 heteroatoms. The summed E-state index contributed by atoms with van der Waals surface area (Å²) in [6, 6.07) is 0. The van der Waals surface area contributed by atoms with E-state index < -0.39 is 16.9 Å². The maximum atomic E-state index is 11.8. The Morgan fingerprint density at radius 1 is 1.00 bits per heavy atom. The molecule has 29 heavy (non-hydrogen) atoms. The first kappa shape index (κ1) is 20.2. The number of aliphatic hydroxyl groups excluding tert-OH is 2. The molecule has 0 amide bonds. The van der Waals surface area contributed by atoms with E-state index in [1.165, 1.54) is 6.42 Å². The Labute approximate surface area is 171 Å². The molecule has 158 valence electrons. The molecule has 0 spiro atoms. The Hall–Kier alpha value is -2.11. The quantitative estimate of drug-likeness (QED) is 0.574. The van der Waals surface area contributed by atoms with Crippen molar-refractivity contribution >= 4 is 39.4 Å². The summed E-state index contributed by atoms with van der Waals surface area (Å²) in [5, 5.41) is 21.8. The molecule has 2 aliphatic rings. The van der Waals surface area contributed by atoms with E-state index >= 15 is 0 Å². The lowest BCUT2D eigenvalue weighted by atomic mass is 10.1. The second-order valence-corrected chi connectivity index (χ2v) is 9.06. The van der Waals surface area contributed by atoms with Crippen LogP contribution in [0.1, 0.15) is 19.3 Å². The Kier molecular flexibility index (Phi) is 6.36. The number of hydrogen-bond acceptors (Lipinski definition) is 10. The van der Waals surface area contributed by atoms with Crippen LogP contribution in [0.5, 0.6) is 0 Å². The maximum absolute atomic E-state index is 11.8. The van der Waals surface area contributed by atoms with Gasteiger partial charge in [0.05, 0.1) is 12.7 Å². The fraction of sp³-hybridized carbons (Fsp3) is 0.667. The summed E-state index contributed by atoms with van der Waals surface area (Å²) in [5.41, 5.74) is 1.36. The van der Waals surface area contributed by atoms with Crippen LogP contribution in [0.15, 0.2) is 6.33 Å². The van der Waals surface area contributed by atoms with E-state index in [0.29, 0.717) is 47.4 Å². The van der Waals surface area contributed by atoms with Gasteiger partial charge in [0.1, 0.15) is 17.4 Å². The maximum Gasteiger partial charge on any atom is 0.225 e. The summed E-state index contributed by atoms with van der Waals surface area (Å²) in [6.45, 7) is 2.94. The average molecular weight is 422 g/mol. The van der Waals surface area contributed by atoms with Crippen molar-refractivity contribution in [2.75, 3.05) is 66.0 Å². The smallest absolute Gasteiger partial charge is 0.225 e. The molecule has 4 rings (SSSR count). The van der Waals surface area contributed by atoms with Gasteiger partial charge in [-0.3, -0.25) is 4.21 Å². The van der Waals surface area contributed by atoms with Crippen molar-refractivity contribution in [1.29, 1.82) is 0 Å². The van der Waals surface area contributed by atoms with Crippen molar-refractivity contribution in [2.45, 2.75) is 25.4 Å². The van der Waals surface area contributed by atoms with E-state index in [-0.39, 0.29) is 13.2 Å². The van der Waals surface area contributed by atoms with Gasteiger partial charge in [0.25, 0.3) is 0 Å². The van der Waals surface area contributed by atoms with E-state index in [1.54, 1.807) is 6.33 Å². The molecular weight excluding hydrogens is 394 g/mol. The molecule has 0 bridgehead atoms. The number of hydrogen-bond donors (Lipinski definition) is 3. The van der Waals surface area contributed by atoms with Gasteiger partial charge < -0.3 is 25.3 Å². The molecule has 2 aromatic heterocycles. The summed E-state index contributed by atoms with van der Waals surface area (Å²) in [5.74, 6) is 3.04. The predicted molar refractivity (Wildman–Crippen MR) is 113 cm³/mol. The standard InChI is InChI=1S/C18H27N7O3S/c26-11-13(27)10-19-18-22-15-14(17(23-18)25-6-8-29(28)9-7-25)20-12-21-16(15)24-4-2-1-3-5-24/h12-13,26-27H,1-11H2,(H,19,22,23). The first-order chi connectivity index (χ1) is 14.2. The van der Waals surface area contributed by atoms with Crippen molar-refractivity contribution in [3.63, 3.8) is 0 Å². The molecular formula is C18H27N7O3S. The number of piperidine rings is 1. The van der Waals surface area contributed by atoms with Crippen molar-refractivity contribution < 1.29 is 14.4 Å². The zero-order valence-corrected chi connectivity index (χ0v) is 17.1. The third-order valence-electron chi connectivity index (χ3n) is 5.28. The Morgan fingerprint density at radius 2 is 1.72 bits per heavy atom. The van der Waals surface area contributed by atoms with Crippen LogP contribution in [0.25, 0.3) is 11.0 Å². The summed E-state index contributed by atoms with van der Waals surface area (Å²) >= 11 is 0. The largest absolute Gasteiger partial charge is 0.394 e. The molecule has 10 nitrogen and oxygen atoms in total. The lowest BCUT2D eigenvalue weighted by Crippen LogP contribution is -2.38. The molecule has 2 aliphatic heterocycles. The zero-order valence-electron chi connectivity index (χ0n) is 16.3. The van der Waals surface area contributed by atoms with Gasteiger partial charge in [-0.25, -0.2) is 15.0 Å². The van der Waals surface area contributed by atoms with Gasteiger partial charge in [-0.05, 0) is 19.3 Å². The number of nitrogens with zero attached hydrogens (tertiary/aromatic N) is 6. The SMILES string of the molecule is O=S1CCN(c2nc(NCC(O)CO)nc3c(N4CCCCC4)ncnc23)CC1. The summed E-state index contributed by atoms with van der Waals surface area (Å²) in [4.78, 5) is 22.6. The normalized spacial score (nSPS) is 19.5. The predicted octanol–water partition coefficient (Wildman–Crippen LogP) is -0.256. The molecule has 3 N–H and O–H groups in total. The van der Waals surface area contributed by atoms with Gasteiger partial charge in [0.15, 0.2) is 11.6 Å². The Balaban J connectivity index is 1.75. The van der Waals surface area contributed by atoms with Gasteiger partial charge in [0.2, 0.25) is 5.95 Å². The Bertz CT molecular complexity index is 868. The number of rotatable bonds is 6. The van der Waals surface area contributed by atoms with E-state index in [9.17, 15) is 9.32 Å². The number of aliphatic hydroxyl groups is 2. The molecule has 0 aromatic carbocycles. The molecule has 0 radical (unpaired) electrons. The summed E-state index contributed by atoms with van der Waals surface area (Å²) in [7, 11) is -0.795. The molecule has 1 unspecified atom stereocenters. The highest BCUT2D eigenvalue weighted by Crippen LogP contribution is 2.30. The summed E-state index contributed by atoms with van der Waals surface area (Å²) < 4.78 is 11.8. The Morgan fingerprint density at radius 3 is 2.45 bits per heavy atom. The van der Waals surface area contributed by atoms with Crippen LogP contribution in [0.3, 0.4) is 0 Å². The number of fused-ring (bicyclic) bond motifs is 1. The number of anilines is 3. The number of aromatic nitrogens is 4. The minimum Gasteiger partial charge on any atom is -0.394 e. The van der Waals surface area contributed by atoms with Crippen molar-refractivity contribution in [3.8, 4) is 0 Å². The molecule has 0 saturated carbocycles. The van der Waals surface area contributed by atoms with Gasteiger partial charge in [0, 0.05) is 55.0 Å². The highest BCUT2D eigenvalue weighted by molar-refractivity contribution is 7.85. The molecule has 1 atom stereocenters. The second-order valence-electron chi connectivity index (χ2n) is 7.37. The molecule has 4 heterocycles. The first-order valence-electron chi connectivity index (χ1n) is 10.1. The van der Waals surface area contributed by atoms with Crippen LogP contribution in [0.2, 0.25) is 0 Å². The van der Waals surface area contributed by atoms with Crippen LogP contribution >= 0.6 is 0 Å². The van der Waals surface area contributed by atoms with E-state index in [0.717, 1.165) is 31.7 Å². The minimum absolute atomic E-state index is 0.137. The molecule has 2 saturated heterocycles. The highest BCUT2D eigenvalue weighted by Gasteiger charge is 2.24. The van der Waals surface area contributed by atoms with Crippen molar-refractivity contribution in [2.24, 2.45) is 0 Å². The van der Waals surface area contributed by atoms with E-state index in [2.05, 4.69) is 35.1 Å². The van der Waals surface area contributed by atoms with Crippen LogP contribution in [0.4, 0.5) is 17.6 Å². The molecule has 2 fully saturated rings. The third-order valence-corrected chi connectivity index (χ3v) is 6.56. The van der Waals surface area contributed by atoms with E-state index in [4.69, 9.17) is 5.11 Å². The van der Waals surface area contributed by atoms with Gasteiger partial charge in [-0.15, -0.1) is 0 Å². The fourth-order valence-electron chi connectivity index (χ4n) is 3.68. The van der Waals surface area contributed by atoms with E-state index in [1.807, 2.05) is 0 Å². The lowest BCUT2D eigenvalue weighted by molar-refractivity contribution is 0.105. The lowest BCUT2D eigenvalue weighted by Gasteiger charge is -2.30. The van der Waals surface area contributed by atoms with Crippen LogP contribution in [0, 0.1) is 0 Å². The fourth-order valence-corrected chi connectivity index (χ4v) is 4.73. The van der Waals surface area contributed by atoms with Crippen LogP contribution in [-0.4, -0.2) is 91.3 Å². The molecule has 0 aliphatic carbocycles. The summed E-state index contributed by atoms with van der Waals surface area (Å²) in [6.07, 6.45) is 4.12. The third kappa shape index (κ3) is 4.57. The van der Waals surface area contributed by atoms with Gasteiger partial charge in [-0.2, -0.15) is 4.98 Å². The average Bonchev–Trinajstić information content (AvgIpc) is 2.77. The van der Waals surface area contributed by atoms with Crippen molar-refractivity contribution in [1.82, 2.24) is 19.9 Å². The first-order valence-corrected chi connectivity index (χ1v) is 11.5. The minimum atomic E-state index is -0.899. The number of nitrogens with one attached hydrogen (secondary N) is 1. The van der Waals surface area contributed by atoms with Gasteiger partial charge >= 0.3 is 0 Å². The second kappa shape index (κ2) is 9.14.